The number of ether oxygens (including phenoxy) is 1. The number of hydrogen-bond donors (Lipinski definition) is 1. The summed E-state index contributed by atoms with van der Waals surface area (Å²) in [6.45, 7) is 3.53. The standard InChI is InChI=1S/C15H20N4O3/c1-3-12-4-5-14(22-12)13-10-21-7-6-19(13)15(20)17-11-8-16-18(2)9-11/h4-5,8-9,13H,3,6-7,10H2,1-2H3,(H,17,20)/t13-/m0/s1. The van der Waals surface area contributed by atoms with Crippen molar-refractivity contribution in [1.82, 2.24) is 14.7 Å². The predicted octanol–water partition coefficient (Wildman–Crippen LogP) is 2.18. The van der Waals surface area contributed by atoms with E-state index < -0.39 is 0 Å². The monoisotopic (exact) mass is 304 g/mol. The Morgan fingerprint density at radius 2 is 2.36 bits per heavy atom. The lowest BCUT2D eigenvalue weighted by atomic mass is 10.2. The molecule has 7 heteroatoms. The SMILES string of the molecule is CCc1ccc([C@@H]2COCCN2C(=O)Nc2cnn(C)c2)o1. The molecule has 1 saturated heterocycles. The molecule has 1 aliphatic heterocycles. The van der Waals surface area contributed by atoms with Gasteiger partial charge in [0, 0.05) is 26.2 Å². The zero-order chi connectivity index (χ0) is 15.5. The van der Waals surface area contributed by atoms with Crippen LogP contribution in [0.4, 0.5) is 10.5 Å². The van der Waals surface area contributed by atoms with Crippen LogP contribution in [0.3, 0.4) is 0 Å². The lowest BCUT2D eigenvalue weighted by molar-refractivity contribution is 0.00702. The highest BCUT2D eigenvalue weighted by Gasteiger charge is 2.31. The van der Waals surface area contributed by atoms with Gasteiger partial charge in [-0.05, 0) is 12.1 Å². The van der Waals surface area contributed by atoms with Gasteiger partial charge in [-0.3, -0.25) is 4.68 Å². The van der Waals surface area contributed by atoms with Gasteiger partial charge in [0.15, 0.2) is 0 Å². The Bertz CT molecular complexity index is 649. The maximum Gasteiger partial charge on any atom is 0.322 e. The molecule has 22 heavy (non-hydrogen) atoms. The molecular weight excluding hydrogens is 284 g/mol. The average Bonchev–Trinajstić information content (AvgIpc) is 3.16. The number of anilines is 1. The fourth-order valence-electron chi connectivity index (χ4n) is 2.53. The molecule has 0 unspecified atom stereocenters. The fraction of sp³-hybridized carbons (Fsp3) is 0.467. The second kappa shape index (κ2) is 6.23. The van der Waals surface area contributed by atoms with Gasteiger partial charge in [-0.2, -0.15) is 5.10 Å². The van der Waals surface area contributed by atoms with Crippen LogP contribution in [0, 0.1) is 0 Å². The maximum atomic E-state index is 12.5. The van der Waals surface area contributed by atoms with Crippen LogP contribution in [0.15, 0.2) is 28.9 Å². The number of morpholine rings is 1. The van der Waals surface area contributed by atoms with Crippen molar-refractivity contribution < 1.29 is 13.9 Å². The number of nitrogens with zero attached hydrogens (tertiary/aromatic N) is 3. The summed E-state index contributed by atoms with van der Waals surface area (Å²) in [5.74, 6) is 1.67. The maximum absolute atomic E-state index is 12.5. The van der Waals surface area contributed by atoms with E-state index in [-0.39, 0.29) is 12.1 Å². The van der Waals surface area contributed by atoms with Crippen molar-refractivity contribution in [2.24, 2.45) is 7.05 Å². The molecule has 2 aromatic rings. The van der Waals surface area contributed by atoms with E-state index in [4.69, 9.17) is 9.15 Å². The van der Waals surface area contributed by atoms with E-state index >= 15 is 0 Å². The predicted molar refractivity (Wildman–Crippen MR) is 80.6 cm³/mol. The van der Waals surface area contributed by atoms with Crippen molar-refractivity contribution in [2.45, 2.75) is 19.4 Å². The molecule has 1 N–H and O–H groups in total. The van der Waals surface area contributed by atoms with E-state index in [1.165, 1.54) is 0 Å². The highest BCUT2D eigenvalue weighted by Crippen LogP contribution is 2.27. The van der Waals surface area contributed by atoms with E-state index in [2.05, 4.69) is 10.4 Å². The highest BCUT2D eigenvalue weighted by molar-refractivity contribution is 5.89. The minimum absolute atomic E-state index is 0.171. The molecule has 0 spiro atoms. The normalized spacial score (nSPS) is 18.5. The fourth-order valence-corrected chi connectivity index (χ4v) is 2.53. The molecule has 3 rings (SSSR count). The van der Waals surface area contributed by atoms with Crippen LogP contribution < -0.4 is 5.32 Å². The summed E-state index contributed by atoms with van der Waals surface area (Å²) in [7, 11) is 1.81. The van der Waals surface area contributed by atoms with Crippen LogP contribution in [0.25, 0.3) is 0 Å². The highest BCUT2D eigenvalue weighted by atomic mass is 16.5. The average molecular weight is 304 g/mol. The van der Waals surface area contributed by atoms with Gasteiger partial charge in [0.2, 0.25) is 0 Å². The minimum Gasteiger partial charge on any atom is -0.464 e. The van der Waals surface area contributed by atoms with Crippen LogP contribution in [0.5, 0.6) is 0 Å². The third-order valence-corrected chi connectivity index (χ3v) is 3.70. The van der Waals surface area contributed by atoms with Crippen LogP contribution >= 0.6 is 0 Å². The molecule has 1 atom stereocenters. The topological polar surface area (TPSA) is 72.5 Å². The number of carbonyl (C=O) groups is 1. The van der Waals surface area contributed by atoms with Gasteiger partial charge in [0.05, 0.1) is 25.1 Å². The number of nitrogens with one attached hydrogen (secondary N) is 1. The van der Waals surface area contributed by atoms with Crippen molar-refractivity contribution in [1.29, 1.82) is 0 Å². The van der Waals surface area contributed by atoms with Gasteiger partial charge in [-0.15, -0.1) is 0 Å². The van der Waals surface area contributed by atoms with Crippen LogP contribution in [-0.4, -0.2) is 40.5 Å². The first-order valence-electron chi connectivity index (χ1n) is 7.40. The van der Waals surface area contributed by atoms with E-state index in [0.29, 0.717) is 25.4 Å². The molecule has 0 bridgehead atoms. The van der Waals surface area contributed by atoms with Gasteiger partial charge in [-0.1, -0.05) is 6.92 Å². The second-order valence-corrected chi connectivity index (χ2v) is 5.27. The molecule has 2 amide bonds. The largest absolute Gasteiger partial charge is 0.464 e. The zero-order valence-electron chi connectivity index (χ0n) is 12.8. The Morgan fingerprint density at radius 1 is 1.50 bits per heavy atom. The molecule has 3 heterocycles. The summed E-state index contributed by atoms with van der Waals surface area (Å²) in [5, 5.41) is 6.91. The van der Waals surface area contributed by atoms with Gasteiger partial charge < -0.3 is 19.4 Å². The van der Waals surface area contributed by atoms with Crippen LogP contribution in [-0.2, 0) is 18.2 Å². The molecule has 0 aliphatic carbocycles. The number of urea groups is 1. The Morgan fingerprint density at radius 3 is 3.05 bits per heavy atom. The molecule has 0 radical (unpaired) electrons. The molecule has 118 valence electrons. The minimum atomic E-state index is -0.203. The summed E-state index contributed by atoms with van der Waals surface area (Å²) in [6.07, 6.45) is 4.21. The lowest BCUT2D eigenvalue weighted by Gasteiger charge is -2.34. The number of furan rings is 1. The van der Waals surface area contributed by atoms with E-state index in [0.717, 1.165) is 17.9 Å². The molecule has 2 aromatic heterocycles. The van der Waals surface area contributed by atoms with Crippen molar-refractivity contribution in [3.63, 3.8) is 0 Å². The summed E-state index contributed by atoms with van der Waals surface area (Å²) in [4.78, 5) is 14.3. The smallest absolute Gasteiger partial charge is 0.322 e. The summed E-state index contributed by atoms with van der Waals surface area (Å²) in [5.41, 5.74) is 0.673. The van der Waals surface area contributed by atoms with E-state index in [1.807, 2.05) is 26.1 Å². The second-order valence-electron chi connectivity index (χ2n) is 5.27. The summed E-state index contributed by atoms with van der Waals surface area (Å²) < 4.78 is 13.0. The quantitative estimate of drug-likeness (QED) is 0.943. The molecule has 1 fully saturated rings. The van der Waals surface area contributed by atoms with Crippen LogP contribution in [0.2, 0.25) is 0 Å². The Labute approximate surface area is 128 Å². The number of hydrogen-bond acceptors (Lipinski definition) is 4. The first-order chi connectivity index (χ1) is 10.7. The van der Waals surface area contributed by atoms with Gasteiger partial charge in [0.25, 0.3) is 0 Å². The van der Waals surface area contributed by atoms with E-state index in [9.17, 15) is 4.79 Å². The van der Waals surface area contributed by atoms with Gasteiger partial charge in [0.1, 0.15) is 17.6 Å². The number of aromatic nitrogens is 2. The Hall–Kier alpha value is -2.28. The van der Waals surface area contributed by atoms with E-state index in [1.54, 1.807) is 22.0 Å². The number of aryl methyl sites for hydroxylation is 2. The zero-order valence-corrected chi connectivity index (χ0v) is 12.8. The number of carbonyl (C=O) groups excluding carboxylic acids is 1. The Kier molecular flexibility index (Phi) is 4.15. The number of amides is 2. The summed E-state index contributed by atoms with van der Waals surface area (Å²) in [6, 6.07) is 3.49. The summed E-state index contributed by atoms with van der Waals surface area (Å²) >= 11 is 0. The third kappa shape index (κ3) is 2.99. The lowest BCUT2D eigenvalue weighted by Crippen LogP contribution is -2.45. The van der Waals surface area contributed by atoms with Crippen molar-refractivity contribution in [3.8, 4) is 0 Å². The first kappa shape index (κ1) is 14.6. The molecule has 7 nitrogen and oxygen atoms in total. The molecular formula is C15H20N4O3. The first-order valence-corrected chi connectivity index (χ1v) is 7.40. The van der Waals surface area contributed by atoms with Crippen molar-refractivity contribution in [3.05, 3.63) is 36.0 Å². The molecule has 0 saturated carbocycles. The van der Waals surface area contributed by atoms with Gasteiger partial charge in [-0.25, -0.2) is 4.79 Å². The van der Waals surface area contributed by atoms with Crippen LogP contribution in [0.1, 0.15) is 24.5 Å². The number of rotatable bonds is 3. The molecule has 0 aromatic carbocycles. The van der Waals surface area contributed by atoms with Gasteiger partial charge >= 0.3 is 6.03 Å². The van der Waals surface area contributed by atoms with Crippen molar-refractivity contribution in [2.75, 3.05) is 25.1 Å². The van der Waals surface area contributed by atoms with Crippen molar-refractivity contribution >= 4 is 11.7 Å². The third-order valence-electron chi connectivity index (χ3n) is 3.70. The Balaban J connectivity index is 1.75. The molecule has 1 aliphatic rings.